The van der Waals surface area contributed by atoms with Crippen LogP contribution in [0.25, 0.3) is 0 Å². The van der Waals surface area contributed by atoms with Gasteiger partial charge in [-0.2, -0.15) is 0 Å². The highest BCUT2D eigenvalue weighted by molar-refractivity contribution is 14.1. The Balaban J connectivity index is 2.37. The molecule has 4 heteroatoms. The Morgan fingerprint density at radius 2 is 1.94 bits per heavy atom. The fourth-order valence-electron chi connectivity index (χ4n) is 1.70. The quantitative estimate of drug-likeness (QED) is 0.554. The fourth-order valence-corrected chi connectivity index (χ4v) is 2.91. The van der Waals surface area contributed by atoms with Crippen molar-refractivity contribution >= 4 is 34.2 Å². The molecular formula is C14H11ClFIO. The van der Waals surface area contributed by atoms with Crippen LogP contribution in [0.1, 0.15) is 16.5 Å². The van der Waals surface area contributed by atoms with E-state index in [1.54, 1.807) is 12.1 Å². The Kier molecular flexibility index (Phi) is 4.45. The number of hydrogen-bond donors (Lipinski definition) is 0. The number of rotatable bonds is 3. The summed E-state index contributed by atoms with van der Waals surface area (Å²) in [5, 5.41) is -0.362. The summed E-state index contributed by atoms with van der Waals surface area (Å²) in [6.07, 6.45) is 0. The first-order valence-corrected chi connectivity index (χ1v) is 6.87. The summed E-state index contributed by atoms with van der Waals surface area (Å²) < 4.78 is 19.6. The maximum atomic E-state index is 13.6. The molecule has 94 valence electrons. The number of methoxy groups -OCH3 is 1. The largest absolute Gasteiger partial charge is 0.494 e. The van der Waals surface area contributed by atoms with Crippen molar-refractivity contribution in [2.24, 2.45) is 0 Å². The lowest BCUT2D eigenvalue weighted by molar-refractivity contribution is 0.386. The van der Waals surface area contributed by atoms with Crippen molar-refractivity contribution in [1.29, 1.82) is 0 Å². The lowest BCUT2D eigenvalue weighted by Crippen LogP contribution is -1.98. The average Bonchev–Trinajstić information content (AvgIpc) is 2.38. The smallest absolute Gasteiger partial charge is 0.165 e. The Labute approximate surface area is 124 Å². The van der Waals surface area contributed by atoms with E-state index in [0.717, 1.165) is 14.7 Å². The van der Waals surface area contributed by atoms with Crippen molar-refractivity contribution in [1.82, 2.24) is 0 Å². The highest BCUT2D eigenvalue weighted by atomic mass is 127. The van der Waals surface area contributed by atoms with E-state index in [0.29, 0.717) is 0 Å². The summed E-state index contributed by atoms with van der Waals surface area (Å²) >= 11 is 8.61. The van der Waals surface area contributed by atoms with Crippen LogP contribution in [0, 0.1) is 9.39 Å². The molecule has 0 N–H and O–H groups in total. The van der Waals surface area contributed by atoms with Gasteiger partial charge in [0.2, 0.25) is 0 Å². The molecule has 0 saturated heterocycles. The number of halogens is 3. The normalized spacial score (nSPS) is 12.2. The molecule has 2 aromatic carbocycles. The summed E-state index contributed by atoms with van der Waals surface area (Å²) in [7, 11) is 1.44. The first-order valence-electron chi connectivity index (χ1n) is 5.35. The Morgan fingerprint density at radius 3 is 2.56 bits per heavy atom. The predicted molar refractivity (Wildman–Crippen MR) is 79.8 cm³/mol. The van der Waals surface area contributed by atoms with E-state index in [1.807, 2.05) is 24.3 Å². The summed E-state index contributed by atoms with van der Waals surface area (Å²) in [6.45, 7) is 0. The second-order valence-corrected chi connectivity index (χ2v) is 5.38. The van der Waals surface area contributed by atoms with Crippen molar-refractivity contribution < 1.29 is 9.13 Å². The lowest BCUT2D eigenvalue weighted by Gasteiger charge is -2.13. The molecule has 0 aliphatic carbocycles. The van der Waals surface area contributed by atoms with Gasteiger partial charge in [0, 0.05) is 3.57 Å². The van der Waals surface area contributed by atoms with Gasteiger partial charge < -0.3 is 4.74 Å². The molecule has 0 fully saturated rings. The number of benzene rings is 2. The third kappa shape index (κ3) is 2.78. The molecular weight excluding hydrogens is 366 g/mol. The van der Waals surface area contributed by atoms with E-state index in [2.05, 4.69) is 22.6 Å². The third-order valence-electron chi connectivity index (χ3n) is 2.65. The van der Waals surface area contributed by atoms with Crippen LogP contribution in [0.15, 0.2) is 42.5 Å². The number of ether oxygens (including phenoxy) is 1. The minimum Gasteiger partial charge on any atom is -0.494 e. The van der Waals surface area contributed by atoms with Gasteiger partial charge in [0.05, 0.1) is 12.5 Å². The van der Waals surface area contributed by atoms with Crippen LogP contribution in [-0.2, 0) is 0 Å². The minimum atomic E-state index is -0.397. The zero-order valence-corrected chi connectivity index (χ0v) is 12.6. The van der Waals surface area contributed by atoms with E-state index in [4.69, 9.17) is 16.3 Å². The summed E-state index contributed by atoms with van der Waals surface area (Å²) in [5.41, 5.74) is 1.70. The van der Waals surface area contributed by atoms with Gasteiger partial charge in [-0.15, -0.1) is 11.6 Å². The molecule has 2 aromatic rings. The summed E-state index contributed by atoms with van der Waals surface area (Å²) in [5.74, 6) is -0.169. The van der Waals surface area contributed by atoms with Crippen LogP contribution in [-0.4, -0.2) is 7.11 Å². The highest BCUT2D eigenvalue weighted by Crippen LogP contribution is 2.33. The summed E-state index contributed by atoms with van der Waals surface area (Å²) in [4.78, 5) is 0. The zero-order chi connectivity index (χ0) is 13.1. The van der Waals surface area contributed by atoms with Crippen molar-refractivity contribution in [2.45, 2.75) is 5.38 Å². The molecule has 1 atom stereocenters. The van der Waals surface area contributed by atoms with E-state index >= 15 is 0 Å². The van der Waals surface area contributed by atoms with E-state index in [9.17, 15) is 4.39 Å². The zero-order valence-electron chi connectivity index (χ0n) is 9.66. The highest BCUT2D eigenvalue weighted by Gasteiger charge is 2.15. The first kappa shape index (κ1) is 13.6. The molecule has 0 aliphatic rings. The molecule has 1 unspecified atom stereocenters. The van der Waals surface area contributed by atoms with E-state index in [1.165, 1.54) is 13.2 Å². The summed E-state index contributed by atoms with van der Waals surface area (Å²) in [6, 6.07) is 12.6. The maximum Gasteiger partial charge on any atom is 0.165 e. The lowest BCUT2D eigenvalue weighted by atomic mass is 10.0. The fraction of sp³-hybridized carbons (Fsp3) is 0.143. The van der Waals surface area contributed by atoms with Gasteiger partial charge in [-0.25, -0.2) is 4.39 Å². The molecule has 2 rings (SSSR count). The van der Waals surface area contributed by atoms with E-state index < -0.39 is 5.82 Å². The van der Waals surface area contributed by atoms with Gasteiger partial charge in [-0.05, 0) is 51.9 Å². The second kappa shape index (κ2) is 5.89. The van der Waals surface area contributed by atoms with Gasteiger partial charge in [-0.3, -0.25) is 0 Å². The molecule has 1 nitrogen and oxygen atoms in total. The van der Waals surface area contributed by atoms with E-state index in [-0.39, 0.29) is 11.1 Å². The van der Waals surface area contributed by atoms with Crippen LogP contribution in [0.3, 0.4) is 0 Å². The Morgan fingerprint density at radius 1 is 1.22 bits per heavy atom. The molecule has 0 amide bonds. The van der Waals surface area contributed by atoms with Gasteiger partial charge in [0.25, 0.3) is 0 Å². The molecule has 0 radical (unpaired) electrons. The Bertz CT molecular complexity index is 559. The molecule has 0 heterocycles. The average molecular weight is 377 g/mol. The minimum absolute atomic E-state index is 0.227. The van der Waals surface area contributed by atoms with Gasteiger partial charge in [0.1, 0.15) is 0 Å². The molecule has 0 saturated carbocycles. The number of hydrogen-bond acceptors (Lipinski definition) is 1. The molecule has 0 bridgehead atoms. The molecule has 18 heavy (non-hydrogen) atoms. The maximum absolute atomic E-state index is 13.6. The number of alkyl halides is 1. The van der Waals surface area contributed by atoms with Crippen molar-refractivity contribution in [3.05, 3.63) is 63.0 Å². The Hall–Kier alpha value is -0.810. The van der Waals surface area contributed by atoms with Gasteiger partial charge in [0.15, 0.2) is 11.6 Å². The second-order valence-electron chi connectivity index (χ2n) is 3.78. The van der Waals surface area contributed by atoms with Crippen LogP contribution in [0.4, 0.5) is 4.39 Å². The van der Waals surface area contributed by atoms with Crippen LogP contribution in [0.5, 0.6) is 5.75 Å². The van der Waals surface area contributed by atoms with Crippen molar-refractivity contribution in [3.8, 4) is 5.75 Å². The topological polar surface area (TPSA) is 9.23 Å². The monoisotopic (exact) mass is 376 g/mol. The molecule has 0 aromatic heterocycles. The van der Waals surface area contributed by atoms with Crippen LogP contribution >= 0.6 is 34.2 Å². The van der Waals surface area contributed by atoms with Crippen molar-refractivity contribution in [3.63, 3.8) is 0 Å². The standard InChI is InChI=1S/C14H11ClFIO/c1-18-13-7-6-9(8-11(13)16)14(15)10-4-2-3-5-12(10)17/h2-8,14H,1H3. The predicted octanol–water partition coefficient (Wildman–Crippen LogP) is 4.77. The van der Waals surface area contributed by atoms with Gasteiger partial charge in [-0.1, -0.05) is 24.3 Å². The van der Waals surface area contributed by atoms with Crippen LogP contribution < -0.4 is 4.74 Å². The SMILES string of the molecule is COc1ccc(C(Cl)c2ccccc2I)cc1F. The molecule has 0 aliphatic heterocycles. The van der Waals surface area contributed by atoms with Gasteiger partial charge >= 0.3 is 0 Å². The third-order valence-corrected chi connectivity index (χ3v) is 4.12. The molecule has 0 spiro atoms. The van der Waals surface area contributed by atoms with Crippen LogP contribution in [0.2, 0.25) is 0 Å². The first-order chi connectivity index (χ1) is 8.63. The van der Waals surface area contributed by atoms with Crippen molar-refractivity contribution in [2.75, 3.05) is 7.11 Å².